The van der Waals surface area contributed by atoms with Crippen LogP contribution >= 0.6 is 35.6 Å². The van der Waals surface area contributed by atoms with Crippen molar-refractivity contribution >= 4 is 50.7 Å². The Bertz CT molecular complexity index is 853. The maximum absolute atomic E-state index is 6.16. The number of rotatable bonds is 4. The van der Waals surface area contributed by atoms with Crippen LogP contribution in [0.15, 0.2) is 46.9 Å². The number of fused-ring (bicyclic) bond motifs is 1. The molecule has 0 radical (unpaired) electrons. The second kappa shape index (κ2) is 6.95. The molecule has 3 rings (SSSR count). The Morgan fingerprint density at radius 3 is 2.61 bits per heavy atom. The molecule has 2 nitrogen and oxygen atoms in total. The molecule has 0 aliphatic heterocycles. The van der Waals surface area contributed by atoms with Crippen LogP contribution in [0.2, 0.25) is 5.02 Å². The van der Waals surface area contributed by atoms with Gasteiger partial charge in [0.15, 0.2) is 0 Å². The summed E-state index contributed by atoms with van der Waals surface area (Å²) in [7, 11) is 1.65. The average Bonchev–Trinajstić information content (AvgIpc) is 2.93. The van der Waals surface area contributed by atoms with Crippen LogP contribution < -0.4 is 4.74 Å². The highest BCUT2D eigenvalue weighted by atomic mass is 35.5. The van der Waals surface area contributed by atoms with Gasteiger partial charge in [0.1, 0.15) is 17.1 Å². The topological polar surface area (TPSA) is 22.4 Å². The molecule has 118 valence electrons. The van der Waals surface area contributed by atoms with Gasteiger partial charge in [-0.15, -0.1) is 11.8 Å². The summed E-state index contributed by atoms with van der Waals surface area (Å²) in [4.78, 5) is 0. The quantitative estimate of drug-likeness (QED) is 0.516. The molecule has 0 fully saturated rings. The van der Waals surface area contributed by atoms with Gasteiger partial charge in [-0.25, -0.2) is 0 Å². The summed E-state index contributed by atoms with van der Waals surface area (Å²) >= 11 is 13.4. The van der Waals surface area contributed by atoms with Crippen LogP contribution in [0.3, 0.4) is 0 Å². The fraction of sp³-hybridized carbons (Fsp3) is 0.167. The number of thioether (sulfide) groups is 1. The van der Waals surface area contributed by atoms with E-state index in [0.717, 1.165) is 43.6 Å². The lowest BCUT2D eigenvalue weighted by molar-refractivity contribution is 0.415. The van der Waals surface area contributed by atoms with Gasteiger partial charge in [0, 0.05) is 16.0 Å². The van der Waals surface area contributed by atoms with Crippen LogP contribution in [0, 0.1) is 0 Å². The number of hydrogen-bond acceptors (Lipinski definition) is 4. The fourth-order valence-electron chi connectivity index (χ4n) is 2.42. The van der Waals surface area contributed by atoms with Gasteiger partial charge in [-0.05, 0) is 48.2 Å². The van der Waals surface area contributed by atoms with Crippen molar-refractivity contribution in [3.8, 4) is 17.1 Å². The van der Waals surface area contributed by atoms with E-state index < -0.39 is 0 Å². The average molecular weight is 363 g/mol. The standard InChI is InChI=1S/C18H15ClO2S2/c1-3-23-18(22)16-14-10-12(19)6-9-15(14)21-17(16)11-4-7-13(20-2)8-5-11/h4-10H,3H2,1-2H3. The van der Waals surface area contributed by atoms with Gasteiger partial charge in [-0.3, -0.25) is 0 Å². The van der Waals surface area contributed by atoms with E-state index in [1.165, 1.54) is 0 Å². The van der Waals surface area contributed by atoms with Crippen molar-refractivity contribution in [1.82, 2.24) is 0 Å². The van der Waals surface area contributed by atoms with Gasteiger partial charge in [0.05, 0.1) is 16.9 Å². The van der Waals surface area contributed by atoms with Crippen LogP contribution in [-0.2, 0) is 0 Å². The third kappa shape index (κ3) is 3.25. The van der Waals surface area contributed by atoms with Crippen LogP contribution in [-0.4, -0.2) is 17.1 Å². The van der Waals surface area contributed by atoms with Gasteiger partial charge in [-0.1, -0.05) is 30.7 Å². The molecular formula is C18H15ClO2S2. The minimum Gasteiger partial charge on any atom is -0.497 e. The predicted molar refractivity (Wildman–Crippen MR) is 103 cm³/mol. The van der Waals surface area contributed by atoms with Crippen molar-refractivity contribution in [1.29, 1.82) is 0 Å². The Hall–Kier alpha value is -1.49. The molecule has 2 aromatic carbocycles. The smallest absolute Gasteiger partial charge is 0.144 e. The molecule has 3 aromatic rings. The summed E-state index contributed by atoms with van der Waals surface area (Å²) in [5.41, 5.74) is 2.69. The molecule has 0 amide bonds. The Labute approximate surface area is 149 Å². The molecule has 0 N–H and O–H groups in total. The molecule has 1 aromatic heterocycles. The summed E-state index contributed by atoms with van der Waals surface area (Å²) < 4.78 is 12.1. The Morgan fingerprint density at radius 2 is 1.96 bits per heavy atom. The van der Waals surface area contributed by atoms with Gasteiger partial charge in [0.25, 0.3) is 0 Å². The highest BCUT2D eigenvalue weighted by Crippen LogP contribution is 2.38. The molecule has 0 aliphatic carbocycles. The van der Waals surface area contributed by atoms with E-state index in [2.05, 4.69) is 6.92 Å². The molecule has 1 heterocycles. The lowest BCUT2D eigenvalue weighted by Gasteiger charge is -2.05. The summed E-state index contributed by atoms with van der Waals surface area (Å²) in [5, 5.41) is 1.62. The van der Waals surface area contributed by atoms with Crippen molar-refractivity contribution in [2.45, 2.75) is 6.92 Å². The molecule has 5 heteroatoms. The monoisotopic (exact) mass is 362 g/mol. The molecule has 23 heavy (non-hydrogen) atoms. The van der Waals surface area contributed by atoms with E-state index in [1.54, 1.807) is 18.9 Å². The van der Waals surface area contributed by atoms with Crippen LogP contribution in [0.25, 0.3) is 22.3 Å². The number of ether oxygens (including phenoxy) is 1. The van der Waals surface area contributed by atoms with Crippen molar-refractivity contribution in [3.05, 3.63) is 53.1 Å². The number of furan rings is 1. The summed E-state index contributed by atoms with van der Waals surface area (Å²) in [6.07, 6.45) is 0. The number of thiocarbonyl (C=S) groups is 1. The second-order valence-corrected chi connectivity index (χ2v) is 7.27. The first kappa shape index (κ1) is 16.4. The molecule has 0 aliphatic rings. The Morgan fingerprint density at radius 1 is 1.22 bits per heavy atom. The van der Waals surface area contributed by atoms with Crippen LogP contribution in [0.4, 0.5) is 0 Å². The number of hydrogen-bond donors (Lipinski definition) is 0. The molecule has 0 bridgehead atoms. The Kier molecular flexibility index (Phi) is 4.95. The maximum Gasteiger partial charge on any atom is 0.144 e. The lowest BCUT2D eigenvalue weighted by Crippen LogP contribution is -1.94. The SMILES string of the molecule is CCSC(=S)c1c(-c2ccc(OC)cc2)oc2ccc(Cl)cc12. The summed E-state index contributed by atoms with van der Waals surface area (Å²) in [6.45, 7) is 2.08. The highest BCUT2D eigenvalue weighted by molar-refractivity contribution is 8.23. The molecule has 0 atom stereocenters. The van der Waals surface area contributed by atoms with E-state index >= 15 is 0 Å². The lowest BCUT2D eigenvalue weighted by atomic mass is 10.1. The number of methoxy groups -OCH3 is 1. The minimum atomic E-state index is 0.671. The van der Waals surface area contributed by atoms with Gasteiger partial charge in [0.2, 0.25) is 0 Å². The van der Waals surface area contributed by atoms with E-state index in [0.29, 0.717) is 5.02 Å². The fourth-order valence-corrected chi connectivity index (χ4v) is 3.76. The van der Waals surface area contributed by atoms with Crippen molar-refractivity contribution in [3.63, 3.8) is 0 Å². The number of halogens is 1. The number of benzene rings is 2. The highest BCUT2D eigenvalue weighted by Gasteiger charge is 2.20. The van der Waals surface area contributed by atoms with Crippen molar-refractivity contribution < 1.29 is 9.15 Å². The molecule has 0 unspecified atom stereocenters. The zero-order valence-corrected chi connectivity index (χ0v) is 15.1. The van der Waals surface area contributed by atoms with Crippen LogP contribution in [0.5, 0.6) is 5.75 Å². The second-order valence-electron chi connectivity index (χ2n) is 4.90. The van der Waals surface area contributed by atoms with Gasteiger partial charge in [-0.2, -0.15) is 0 Å². The first-order valence-corrected chi connectivity index (χ1v) is 8.94. The predicted octanol–water partition coefficient (Wildman–Crippen LogP) is 6.19. The molecule has 0 saturated heterocycles. The molecular weight excluding hydrogens is 348 g/mol. The third-order valence-electron chi connectivity index (χ3n) is 3.48. The maximum atomic E-state index is 6.16. The van der Waals surface area contributed by atoms with E-state index in [9.17, 15) is 0 Å². The van der Waals surface area contributed by atoms with Gasteiger partial charge < -0.3 is 9.15 Å². The van der Waals surface area contributed by atoms with E-state index in [-0.39, 0.29) is 0 Å². The zero-order valence-electron chi connectivity index (χ0n) is 12.8. The van der Waals surface area contributed by atoms with Crippen molar-refractivity contribution in [2.75, 3.05) is 12.9 Å². The largest absolute Gasteiger partial charge is 0.497 e. The molecule has 0 saturated carbocycles. The Balaban J connectivity index is 2.21. The third-order valence-corrected chi connectivity index (χ3v) is 5.03. The minimum absolute atomic E-state index is 0.671. The van der Waals surface area contributed by atoms with Crippen molar-refractivity contribution in [2.24, 2.45) is 0 Å². The molecule has 0 spiro atoms. The zero-order chi connectivity index (χ0) is 16.4. The first-order valence-electron chi connectivity index (χ1n) is 7.17. The normalized spacial score (nSPS) is 10.9. The first-order chi connectivity index (χ1) is 11.1. The summed E-state index contributed by atoms with van der Waals surface area (Å²) in [6, 6.07) is 13.4. The van der Waals surface area contributed by atoms with Gasteiger partial charge >= 0.3 is 0 Å². The van der Waals surface area contributed by atoms with Crippen LogP contribution in [0.1, 0.15) is 12.5 Å². The van der Waals surface area contributed by atoms with E-state index in [4.69, 9.17) is 33.0 Å². The summed E-state index contributed by atoms with van der Waals surface area (Å²) in [5.74, 6) is 2.49. The van der Waals surface area contributed by atoms with E-state index in [1.807, 2.05) is 42.5 Å².